The van der Waals surface area contributed by atoms with Crippen LogP contribution >= 0.6 is 11.3 Å². The molecule has 0 radical (unpaired) electrons. The van der Waals surface area contributed by atoms with Crippen LogP contribution in [0.5, 0.6) is 5.75 Å². The van der Waals surface area contributed by atoms with Crippen LogP contribution in [0.15, 0.2) is 48.4 Å². The van der Waals surface area contributed by atoms with Crippen molar-refractivity contribution in [1.29, 1.82) is 0 Å². The highest BCUT2D eigenvalue weighted by Crippen LogP contribution is 2.26. The molecule has 0 bridgehead atoms. The molecule has 0 fully saturated rings. The van der Waals surface area contributed by atoms with Crippen LogP contribution < -0.4 is 4.74 Å². The third-order valence-electron chi connectivity index (χ3n) is 4.19. The van der Waals surface area contributed by atoms with Gasteiger partial charge in [0.25, 0.3) is 0 Å². The number of nitrogens with zero attached hydrogens (tertiary/aromatic N) is 4. The quantitative estimate of drug-likeness (QED) is 0.658. The van der Waals surface area contributed by atoms with Gasteiger partial charge in [0, 0.05) is 23.0 Å². The second kappa shape index (κ2) is 7.59. The normalized spacial score (nSPS) is 12.5. The van der Waals surface area contributed by atoms with E-state index in [9.17, 15) is 0 Å². The highest BCUT2D eigenvalue weighted by molar-refractivity contribution is 7.10. The Balaban J connectivity index is 1.76. The molecule has 24 heavy (non-hydrogen) atoms. The molecule has 0 saturated carbocycles. The van der Waals surface area contributed by atoms with E-state index in [1.54, 1.807) is 35.8 Å². The summed E-state index contributed by atoms with van der Waals surface area (Å²) in [6.07, 6.45) is 3.27. The number of rotatable bonds is 7. The fraction of sp³-hybridized carbons (Fsp3) is 0.333. The minimum absolute atomic E-state index is 0.394. The van der Waals surface area contributed by atoms with Gasteiger partial charge in [-0.1, -0.05) is 12.1 Å². The maximum atomic E-state index is 5.49. The Hall–Kier alpha value is -2.18. The summed E-state index contributed by atoms with van der Waals surface area (Å²) in [6.45, 7) is 3.78. The number of benzene rings is 1. The van der Waals surface area contributed by atoms with E-state index in [0.29, 0.717) is 12.6 Å². The molecule has 5 nitrogen and oxygen atoms in total. The zero-order valence-corrected chi connectivity index (χ0v) is 15.0. The molecular weight excluding hydrogens is 320 g/mol. The number of hydrogen-bond acceptors (Lipinski definition) is 5. The molecular formula is C18H22N4OS. The lowest BCUT2D eigenvalue weighted by Crippen LogP contribution is -2.21. The molecule has 0 spiro atoms. The average molecular weight is 342 g/mol. The fourth-order valence-electron chi connectivity index (χ4n) is 2.71. The van der Waals surface area contributed by atoms with Gasteiger partial charge in [-0.2, -0.15) is 5.10 Å². The molecule has 0 aliphatic rings. The van der Waals surface area contributed by atoms with E-state index in [0.717, 1.165) is 17.9 Å². The van der Waals surface area contributed by atoms with Crippen molar-refractivity contribution < 1.29 is 4.74 Å². The number of methoxy groups -OCH3 is 1. The Labute approximate surface area is 146 Å². The molecule has 0 aliphatic carbocycles. The molecule has 3 rings (SSSR count). The van der Waals surface area contributed by atoms with Crippen LogP contribution in [-0.4, -0.2) is 33.8 Å². The first-order valence-corrected chi connectivity index (χ1v) is 8.77. The summed E-state index contributed by atoms with van der Waals surface area (Å²) in [5.74, 6) is 0.878. The van der Waals surface area contributed by atoms with Gasteiger partial charge >= 0.3 is 0 Å². The Bertz CT molecular complexity index is 755. The van der Waals surface area contributed by atoms with E-state index in [1.807, 2.05) is 6.07 Å². The molecule has 2 heterocycles. The smallest absolute Gasteiger partial charge is 0.137 e. The monoisotopic (exact) mass is 342 g/mol. The largest absolute Gasteiger partial charge is 0.496 e. The van der Waals surface area contributed by atoms with Crippen LogP contribution in [0, 0.1) is 0 Å². The molecule has 0 amide bonds. The molecule has 6 heteroatoms. The molecule has 2 aromatic heterocycles. The number of thiophene rings is 1. The zero-order valence-electron chi connectivity index (χ0n) is 14.2. The second-order valence-corrected chi connectivity index (χ2v) is 6.83. The zero-order chi connectivity index (χ0) is 16.9. The molecule has 0 aliphatic heterocycles. The molecule has 1 aromatic carbocycles. The van der Waals surface area contributed by atoms with Crippen molar-refractivity contribution in [2.24, 2.45) is 0 Å². The summed E-state index contributed by atoms with van der Waals surface area (Å²) >= 11 is 1.80. The first kappa shape index (κ1) is 16.7. The lowest BCUT2D eigenvalue weighted by molar-refractivity contribution is 0.256. The van der Waals surface area contributed by atoms with Gasteiger partial charge in [-0.3, -0.25) is 4.90 Å². The summed E-state index contributed by atoms with van der Waals surface area (Å²) in [5, 5.41) is 6.31. The minimum atomic E-state index is 0.394. The topological polar surface area (TPSA) is 43.2 Å². The Kier molecular flexibility index (Phi) is 5.27. The molecule has 0 unspecified atom stereocenters. The second-order valence-electron chi connectivity index (χ2n) is 5.85. The van der Waals surface area contributed by atoms with Gasteiger partial charge in [0.15, 0.2) is 0 Å². The van der Waals surface area contributed by atoms with E-state index >= 15 is 0 Å². The van der Waals surface area contributed by atoms with Gasteiger partial charge in [-0.05, 0) is 43.1 Å². The molecule has 3 aromatic rings. The number of ether oxygens (including phenoxy) is 1. The summed E-state index contributed by atoms with van der Waals surface area (Å²) in [6, 6.07) is 11.0. The fourth-order valence-corrected chi connectivity index (χ4v) is 3.56. The van der Waals surface area contributed by atoms with Crippen molar-refractivity contribution in [3.05, 3.63) is 64.4 Å². The summed E-state index contributed by atoms with van der Waals surface area (Å²) in [7, 11) is 3.86. The van der Waals surface area contributed by atoms with Crippen molar-refractivity contribution in [2.45, 2.75) is 26.1 Å². The third-order valence-corrected chi connectivity index (χ3v) is 5.23. The summed E-state index contributed by atoms with van der Waals surface area (Å²) in [4.78, 5) is 7.74. The average Bonchev–Trinajstić information content (AvgIpc) is 3.28. The van der Waals surface area contributed by atoms with E-state index in [-0.39, 0.29) is 0 Å². The number of aromatic nitrogens is 3. The van der Waals surface area contributed by atoms with Gasteiger partial charge in [0.1, 0.15) is 18.4 Å². The van der Waals surface area contributed by atoms with Crippen LogP contribution in [0.2, 0.25) is 0 Å². The third kappa shape index (κ3) is 3.83. The van der Waals surface area contributed by atoms with Crippen LogP contribution in [-0.2, 0) is 13.1 Å². The highest BCUT2D eigenvalue weighted by Gasteiger charge is 2.14. The van der Waals surface area contributed by atoms with Crippen molar-refractivity contribution in [2.75, 3.05) is 14.2 Å². The van der Waals surface area contributed by atoms with Gasteiger partial charge in [-0.15, -0.1) is 11.3 Å². The Morgan fingerprint density at radius 1 is 1.33 bits per heavy atom. The van der Waals surface area contributed by atoms with Gasteiger partial charge in [0.2, 0.25) is 0 Å². The van der Waals surface area contributed by atoms with Gasteiger partial charge < -0.3 is 4.74 Å². The lowest BCUT2D eigenvalue weighted by atomic mass is 10.1. The Morgan fingerprint density at radius 2 is 2.21 bits per heavy atom. The molecule has 1 atom stereocenters. The maximum Gasteiger partial charge on any atom is 0.137 e. The van der Waals surface area contributed by atoms with Crippen LogP contribution in [0.3, 0.4) is 0 Å². The van der Waals surface area contributed by atoms with E-state index in [1.165, 1.54) is 10.4 Å². The predicted octanol–water partition coefficient (Wildman–Crippen LogP) is 3.59. The van der Waals surface area contributed by atoms with Crippen LogP contribution in [0.1, 0.15) is 29.0 Å². The lowest BCUT2D eigenvalue weighted by Gasteiger charge is -2.24. The van der Waals surface area contributed by atoms with Crippen LogP contribution in [0.4, 0.5) is 0 Å². The summed E-state index contributed by atoms with van der Waals surface area (Å²) < 4.78 is 7.29. The highest BCUT2D eigenvalue weighted by atomic mass is 32.1. The van der Waals surface area contributed by atoms with E-state index in [4.69, 9.17) is 4.74 Å². The van der Waals surface area contributed by atoms with Crippen LogP contribution in [0.25, 0.3) is 0 Å². The number of hydrogen-bond donors (Lipinski definition) is 0. The van der Waals surface area contributed by atoms with Crippen molar-refractivity contribution in [3.8, 4) is 5.75 Å². The predicted molar refractivity (Wildman–Crippen MR) is 96.3 cm³/mol. The summed E-state index contributed by atoms with van der Waals surface area (Å²) in [5.41, 5.74) is 2.37. The maximum absolute atomic E-state index is 5.49. The SMILES string of the molecule is COc1ccc(CN(C)[C@@H](C)c2cccs2)cc1Cn1cncn1. The van der Waals surface area contributed by atoms with Gasteiger partial charge in [-0.25, -0.2) is 9.67 Å². The Morgan fingerprint density at radius 3 is 2.88 bits per heavy atom. The molecule has 0 N–H and O–H groups in total. The van der Waals surface area contributed by atoms with Crippen molar-refractivity contribution in [3.63, 3.8) is 0 Å². The molecule has 0 saturated heterocycles. The minimum Gasteiger partial charge on any atom is -0.496 e. The standard InChI is InChI=1S/C18H22N4OS/c1-14(18-5-4-8-24-18)21(2)10-15-6-7-17(23-3)16(9-15)11-22-13-19-12-20-22/h4-9,12-14H,10-11H2,1-3H3/t14-/m0/s1. The first-order chi connectivity index (χ1) is 11.7. The van der Waals surface area contributed by atoms with E-state index < -0.39 is 0 Å². The van der Waals surface area contributed by atoms with Gasteiger partial charge in [0.05, 0.1) is 13.7 Å². The van der Waals surface area contributed by atoms with Crippen molar-refractivity contribution >= 4 is 11.3 Å². The molecule has 126 valence electrons. The van der Waals surface area contributed by atoms with E-state index in [2.05, 4.69) is 58.6 Å². The first-order valence-electron chi connectivity index (χ1n) is 7.89. The van der Waals surface area contributed by atoms with Crippen molar-refractivity contribution in [1.82, 2.24) is 19.7 Å².